The first-order valence-electron chi connectivity index (χ1n) is 0.136. The van der Waals surface area contributed by atoms with Crippen LogP contribution in [0.1, 0.15) is 0 Å². The van der Waals surface area contributed by atoms with Crippen molar-refractivity contribution in [2.75, 3.05) is 0 Å². The Morgan fingerprint density at radius 2 is 0.857 bits per heavy atom. The Labute approximate surface area is 84.6 Å². The van der Waals surface area contributed by atoms with E-state index < -0.39 is 0 Å². The van der Waals surface area contributed by atoms with E-state index in [1.54, 1.807) is 0 Å². The van der Waals surface area contributed by atoms with E-state index >= 15 is 0 Å². The van der Waals surface area contributed by atoms with E-state index in [4.69, 9.17) is 3.87 Å². The minimum atomic E-state index is 0. The summed E-state index contributed by atoms with van der Waals surface area (Å²) < 4.78 is 7.94. The molecular formula is CoLi2MnO3. The monoisotopic (exact) mass is 176 g/mol. The first-order chi connectivity index (χ1) is 1.00. The molecule has 36 valence electrons. The molecule has 0 N–H and O–H groups in total. The second kappa shape index (κ2) is 102. The van der Waals surface area contributed by atoms with Crippen LogP contribution in [0.15, 0.2) is 0 Å². The van der Waals surface area contributed by atoms with Crippen LogP contribution in [-0.4, -0.2) is 0 Å². The molecule has 0 aromatic carbocycles. The van der Waals surface area contributed by atoms with Gasteiger partial charge in [0.05, 0.1) is 0 Å². The van der Waals surface area contributed by atoms with Gasteiger partial charge in [-0.1, -0.05) is 0 Å². The molecule has 3 nitrogen and oxygen atoms in total. The molecule has 0 rings (SSSR count). The van der Waals surface area contributed by atoms with Gasteiger partial charge < -0.3 is 11.0 Å². The summed E-state index contributed by atoms with van der Waals surface area (Å²) in [5, 5.41) is 0. The van der Waals surface area contributed by atoms with Gasteiger partial charge in [-0.3, -0.25) is 0 Å². The predicted octanol–water partition coefficient (Wildman–Crippen LogP) is -6.35. The zero-order chi connectivity index (χ0) is 2.00. The third-order valence-corrected chi connectivity index (χ3v) is 0. The molecule has 0 bridgehead atoms. The van der Waals surface area contributed by atoms with Crippen LogP contribution in [0.2, 0.25) is 0 Å². The first-order valence-corrected chi connectivity index (χ1v) is 0.561. The van der Waals surface area contributed by atoms with Gasteiger partial charge in [0.2, 0.25) is 0 Å². The van der Waals surface area contributed by atoms with Crippen LogP contribution in [0.3, 0.4) is 0 Å². The molecule has 0 amide bonds. The van der Waals surface area contributed by atoms with Crippen LogP contribution < -0.4 is 37.7 Å². The van der Waals surface area contributed by atoms with E-state index in [1.165, 1.54) is 0 Å². The molecule has 0 aliphatic rings. The van der Waals surface area contributed by atoms with Gasteiger partial charge in [-0.2, -0.15) is 0 Å². The Morgan fingerprint density at radius 3 is 0.857 bits per heavy atom. The molecule has 0 spiro atoms. The summed E-state index contributed by atoms with van der Waals surface area (Å²) in [7, 11) is 0. The molecule has 0 atom stereocenters. The van der Waals surface area contributed by atoms with Gasteiger partial charge in [0, 0.05) is 0 Å². The molecule has 7 heavy (non-hydrogen) atoms. The first kappa shape index (κ1) is 65.2. The normalized spacial score (nSPS) is 0.714. The maximum atomic E-state index is 7.94. The molecule has 1 radical (unpaired) electrons. The second-order valence-corrected chi connectivity index (χ2v) is 0. The summed E-state index contributed by atoms with van der Waals surface area (Å²) in [6.45, 7) is 0. The standard InChI is InChI=1S/Co.2Li.Mn.3O/q;2*+1;+2;;2*-2. The van der Waals surface area contributed by atoms with Gasteiger partial charge >= 0.3 is 74.3 Å². The van der Waals surface area contributed by atoms with Crippen LogP contribution in [-0.2, 0) is 47.6 Å². The summed E-state index contributed by atoms with van der Waals surface area (Å²) in [6, 6.07) is 0. The molecule has 0 heterocycles. The molecule has 0 saturated heterocycles. The van der Waals surface area contributed by atoms with Crippen LogP contribution in [0.5, 0.6) is 0 Å². The second-order valence-electron chi connectivity index (χ2n) is 0. The molecule has 0 saturated carbocycles. The van der Waals surface area contributed by atoms with Crippen LogP contribution >= 0.6 is 0 Å². The summed E-state index contributed by atoms with van der Waals surface area (Å²) in [4.78, 5) is 0. The molecule has 0 fully saturated rings. The fourth-order valence-electron chi connectivity index (χ4n) is 0. The molecule has 0 aromatic rings. The Balaban J connectivity index is -0.000000000500. The molecule has 0 aromatic heterocycles. The zero-order valence-electron chi connectivity index (χ0n) is 3.94. The van der Waals surface area contributed by atoms with Crippen molar-refractivity contribution in [1.82, 2.24) is 0 Å². The molecule has 7 heteroatoms. The Kier molecular flexibility index (Phi) is 946. The minimum absolute atomic E-state index is 0. The van der Waals surface area contributed by atoms with Crippen LogP contribution in [0.4, 0.5) is 0 Å². The van der Waals surface area contributed by atoms with Gasteiger partial charge in [-0.15, -0.1) is 0 Å². The third-order valence-electron chi connectivity index (χ3n) is 0. The summed E-state index contributed by atoms with van der Waals surface area (Å²) in [6.07, 6.45) is 0. The van der Waals surface area contributed by atoms with Crippen LogP contribution in [0, 0.1) is 0 Å². The van der Waals surface area contributed by atoms with Gasteiger partial charge in [0.15, 0.2) is 0 Å². The van der Waals surface area contributed by atoms with Crippen molar-refractivity contribution >= 4 is 0 Å². The van der Waals surface area contributed by atoms with Crippen molar-refractivity contribution in [2.45, 2.75) is 0 Å². The summed E-state index contributed by atoms with van der Waals surface area (Å²) >= 11 is 2.31. The van der Waals surface area contributed by atoms with E-state index in [0.29, 0.717) is 0 Å². The van der Waals surface area contributed by atoms with E-state index in [1.807, 2.05) is 0 Å². The topological polar surface area (TPSA) is 74.1 Å². The van der Waals surface area contributed by atoms with Crippen LogP contribution in [0.25, 0.3) is 0 Å². The average Bonchev–Trinajstić information content (AvgIpc) is 1.00. The number of hydrogen-bond donors (Lipinski definition) is 0. The summed E-state index contributed by atoms with van der Waals surface area (Å²) in [5.74, 6) is 0. The fraction of sp³-hybridized carbons (Fsp3) is 0. The fourth-order valence-corrected chi connectivity index (χ4v) is 0. The Morgan fingerprint density at radius 1 is 0.857 bits per heavy atom. The third kappa shape index (κ3) is 74.4. The van der Waals surface area contributed by atoms with E-state index in [2.05, 4.69) is 15.7 Å². The quantitative estimate of drug-likeness (QED) is 0.338. The van der Waals surface area contributed by atoms with Gasteiger partial charge in [-0.25, -0.2) is 0 Å². The zero-order valence-corrected chi connectivity index (χ0v) is 6.16. The number of rotatable bonds is 0. The van der Waals surface area contributed by atoms with Gasteiger partial charge in [0.25, 0.3) is 0 Å². The van der Waals surface area contributed by atoms with Crippen molar-refractivity contribution < 1.29 is 85.3 Å². The maximum absolute atomic E-state index is 7.94. The van der Waals surface area contributed by atoms with Crippen molar-refractivity contribution in [3.8, 4) is 0 Å². The molecule has 0 aliphatic heterocycles. The van der Waals surface area contributed by atoms with E-state index in [0.717, 1.165) is 0 Å². The SMILES string of the molecule is [Li+].[Li+].[Mn+2].[O-2].[O-2].[O]=[Co]. The van der Waals surface area contributed by atoms with Crippen molar-refractivity contribution in [2.24, 2.45) is 0 Å². The number of hydrogen-bond acceptors (Lipinski definition) is 1. The average molecular weight is 176 g/mol. The Bertz CT molecular complexity index is 12.9. The van der Waals surface area contributed by atoms with Crippen molar-refractivity contribution in [3.63, 3.8) is 0 Å². The summed E-state index contributed by atoms with van der Waals surface area (Å²) in [5.41, 5.74) is 0. The van der Waals surface area contributed by atoms with E-state index in [9.17, 15) is 0 Å². The molecule has 0 unspecified atom stereocenters. The van der Waals surface area contributed by atoms with Gasteiger partial charge in [-0.05, 0) is 0 Å². The van der Waals surface area contributed by atoms with Crippen molar-refractivity contribution in [3.05, 3.63) is 0 Å². The Hall–Kier alpha value is 1.94. The van der Waals surface area contributed by atoms with E-state index in [-0.39, 0.29) is 65.7 Å². The molecular weight excluding hydrogens is 176 g/mol. The predicted molar refractivity (Wildman–Crippen MR) is 2.06 cm³/mol. The van der Waals surface area contributed by atoms with Gasteiger partial charge in [0.1, 0.15) is 0 Å². The molecule has 0 aliphatic carbocycles. The van der Waals surface area contributed by atoms with Crippen molar-refractivity contribution in [1.29, 1.82) is 0 Å².